The number of hydrogen-bond acceptors (Lipinski definition) is 7. The van der Waals surface area contributed by atoms with E-state index in [4.69, 9.17) is 9.72 Å². The zero-order chi connectivity index (χ0) is 23.2. The van der Waals surface area contributed by atoms with Crippen molar-refractivity contribution in [2.24, 2.45) is 7.05 Å². The Balaban J connectivity index is 1.18. The Morgan fingerprint density at radius 1 is 1.00 bits per heavy atom. The van der Waals surface area contributed by atoms with Crippen LogP contribution in [0.15, 0.2) is 42.6 Å². The summed E-state index contributed by atoms with van der Waals surface area (Å²) in [7, 11) is 1.89. The van der Waals surface area contributed by atoms with Crippen molar-refractivity contribution in [1.29, 1.82) is 0 Å². The summed E-state index contributed by atoms with van der Waals surface area (Å²) in [6.45, 7) is 5.84. The monoisotopic (exact) mass is 456 g/mol. The zero-order valence-corrected chi connectivity index (χ0v) is 19.5. The van der Waals surface area contributed by atoms with Crippen molar-refractivity contribution in [3.63, 3.8) is 0 Å². The maximum absolute atomic E-state index is 10.8. The average Bonchev–Trinajstić information content (AvgIpc) is 3.20. The van der Waals surface area contributed by atoms with Crippen LogP contribution in [0, 0.1) is 6.92 Å². The van der Waals surface area contributed by atoms with E-state index in [-0.39, 0.29) is 5.75 Å². The number of aromatic nitrogens is 5. The Kier molecular flexibility index (Phi) is 5.27. The molecule has 0 aliphatic carbocycles. The first-order valence-corrected chi connectivity index (χ1v) is 11.9. The molecule has 174 valence electrons. The van der Waals surface area contributed by atoms with Crippen molar-refractivity contribution in [3.8, 4) is 28.3 Å². The SMILES string of the molecule is Cc1cc(-c2ccc(-c3ccc(C4CN(C5CCOCC5)C4)nn3)c(O)c2)nc2cn(C)nc12. The molecule has 1 N–H and O–H groups in total. The standard InChI is InChI=1S/C26H28N6O2/c1-16-11-23(27-24-15-31(2)30-26(16)24)17-3-4-20(25(33)12-17)22-6-5-21(28-29-22)18-13-32(14-18)19-7-9-34-10-8-19/h3-6,11-12,15,18-19,33H,7-10,13-14H2,1-2H3. The third-order valence-electron chi connectivity index (χ3n) is 7.07. The molecule has 8 heteroatoms. The van der Waals surface area contributed by atoms with E-state index >= 15 is 0 Å². The second-order valence-corrected chi connectivity index (χ2v) is 9.43. The number of fused-ring (bicyclic) bond motifs is 1. The lowest BCUT2D eigenvalue weighted by Crippen LogP contribution is -2.52. The highest BCUT2D eigenvalue weighted by molar-refractivity contribution is 5.82. The molecule has 8 nitrogen and oxygen atoms in total. The maximum Gasteiger partial charge on any atom is 0.125 e. The van der Waals surface area contributed by atoms with Crippen molar-refractivity contribution < 1.29 is 9.84 Å². The van der Waals surface area contributed by atoms with Crippen LogP contribution in [-0.2, 0) is 11.8 Å². The lowest BCUT2D eigenvalue weighted by molar-refractivity contribution is 0.000892. The van der Waals surface area contributed by atoms with E-state index in [1.165, 1.54) is 0 Å². The van der Waals surface area contributed by atoms with Gasteiger partial charge in [0.1, 0.15) is 16.8 Å². The number of aryl methyl sites for hydroxylation is 2. The maximum atomic E-state index is 10.8. The van der Waals surface area contributed by atoms with Crippen molar-refractivity contribution in [1.82, 2.24) is 29.9 Å². The summed E-state index contributed by atoms with van der Waals surface area (Å²) in [4.78, 5) is 7.26. The summed E-state index contributed by atoms with van der Waals surface area (Å²) in [6.07, 6.45) is 4.15. The molecule has 0 amide bonds. The van der Waals surface area contributed by atoms with Crippen LogP contribution >= 0.6 is 0 Å². The molecule has 5 heterocycles. The molecule has 0 atom stereocenters. The smallest absolute Gasteiger partial charge is 0.125 e. The number of likely N-dealkylation sites (tertiary alicyclic amines) is 1. The fourth-order valence-corrected chi connectivity index (χ4v) is 5.08. The van der Waals surface area contributed by atoms with Crippen LogP contribution in [0.25, 0.3) is 33.5 Å². The van der Waals surface area contributed by atoms with E-state index in [1.807, 2.05) is 50.5 Å². The van der Waals surface area contributed by atoms with E-state index in [1.54, 1.807) is 10.7 Å². The Hall–Kier alpha value is -3.36. The van der Waals surface area contributed by atoms with Crippen molar-refractivity contribution >= 4 is 11.0 Å². The van der Waals surface area contributed by atoms with Gasteiger partial charge in [0.2, 0.25) is 0 Å². The molecule has 4 aromatic rings. The third kappa shape index (κ3) is 3.82. The first-order chi connectivity index (χ1) is 16.5. The fourth-order valence-electron chi connectivity index (χ4n) is 5.08. The number of nitrogens with zero attached hydrogens (tertiary/aromatic N) is 6. The molecule has 2 aliphatic rings. The highest BCUT2D eigenvalue weighted by Crippen LogP contribution is 2.34. The molecule has 2 fully saturated rings. The van der Waals surface area contributed by atoms with Crippen LogP contribution < -0.4 is 0 Å². The largest absolute Gasteiger partial charge is 0.507 e. The van der Waals surface area contributed by atoms with Gasteiger partial charge in [0, 0.05) is 56.4 Å². The zero-order valence-electron chi connectivity index (χ0n) is 19.5. The van der Waals surface area contributed by atoms with Crippen molar-refractivity contribution in [3.05, 3.63) is 53.9 Å². The normalized spacial score (nSPS) is 17.8. The Morgan fingerprint density at radius 2 is 1.82 bits per heavy atom. The molecule has 3 aromatic heterocycles. The minimum atomic E-state index is 0.166. The molecule has 2 aliphatic heterocycles. The number of phenolic OH excluding ortho intramolecular Hbond substituents is 1. The molecule has 34 heavy (non-hydrogen) atoms. The molecular weight excluding hydrogens is 428 g/mol. The highest BCUT2D eigenvalue weighted by atomic mass is 16.5. The summed E-state index contributed by atoms with van der Waals surface area (Å²) in [5, 5.41) is 24.2. The van der Waals surface area contributed by atoms with E-state index in [2.05, 4.69) is 20.2 Å². The minimum absolute atomic E-state index is 0.166. The van der Waals surface area contributed by atoms with Crippen LogP contribution in [0.3, 0.4) is 0 Å². The Labute approximate surface area is 198 Å². The van der Waals surface area contributed by atoms with Gasteiger partial charge in [0.25, 0.3) is 0 Å². The van der Waals surface area contributed by atoms with Gasteiger partial charge in [-0.2, -0.15) is 15.3 Å². The summed E-state index contributed by atoms with van der Waals surface area (Å²) in [5.41, 5.74) is 6.80. The third-order valence-corrected chi connectivity index (χ3v) is 7.07. The molecule has 1 aromatic carbocycles. The number of ether oxygens (including phenoxy) is 1. The topological polar surface area (TPSA) is 89.2 Å². The van der Waals surface area contributed by atoms with Gasteiger partial charge in [-0.15, -0.1) is 0 Å². The Morgan fingerprint density at radius 3 is 2.56 bits per heavy atom. The first-order valence-electron chi connectivity index (χ1n) is 11.9. The predicted molar refractivity (Wildman–Crippen MR) is 130 cm³/mol. The molecule has 0 bridgehead atoms. The van der Waals surface area contributed by atoms with Crippen molar-refractivity contribution in [2.45, 2.75) is 31.7 Å². The Bertz CT molecular complexity index is 1340. The summed E-state index contributed by atoms with van der Waals surface area (Å²) < 4.78 is 7.24. The van der Waals surface area contributed by atoms with Crippen molar-refractivity contribution in [2.75, 3.05) is 26.3 Å². The summed E-state index contributed by atoms with van der Waals surface area (Å²) >= 11 is 0. The summed E-state index contributed by atoms with van der Waals surface area (Å²) in [5.74, 6) is 0.594. The quantitative estimate of drug-likeness (QED) is 0.501. The van der Waals surface area contributed by atoms with E-state index < -0.39 is 0 Å². The van der Waals surface area contributed by atoms with Crippen LogP contribution in [-0.4, -0.2) is 67.3 Å². The van der Waals surface area contributed by atoms with E-state index in [9.17, 15) is 5.11 Å². The van der Waals surface area contributed by atoms with Gasteiger partial charge < -0.3 is 9.84 Å². The number of benzene rings is 1. The van der Waals surface area contributed by atoms with Gasteiger partial charge in [-0.25, -0.2) is 4.98 Å². The number of aromatic hydroxyl groups is 1. The minimum Gasteiger partial charge on any atom is -0.507 e. The van der Waals surface area contributed by atoms with Crippen LogP contribution in [0.5, 0.6) is 5.75 Å². The number of pyridine rings is 1. The second-order valence-electron chi connectivity index (χ2n) is 9.43. The lowest BCUT2D eigenvalue weighted by atomic mass is 9.91. The van der Waals surface area contributed by atoms with Gasteiger partial charge in [0.05, 0.1) is 23.3 Å². The molecule has 0 saturated carbocycles. The number of phenols is 1. The molecule has 6 rings (SSSR count). The molecular formula is C26H28N6O2. The number of hydrogen-bond donors (Lipinski definition) is 1. The van der Waals surface area contributed by atoms with Gasteiger partial charge >= 0.3 is 0 Å². The average molecular weight is 457 g/mol. The van der Waals surface area contributed by atoms with Gasteiger partial charge in [0.15, 0.2) is 0 Å². The molecule has 0 unspecified atom stereocenters. The number of rotatable bonds is 4. The van der Waals surface area contributed by atoms with Crippen LogP contribution in [0.4, 0.5) is 0 Å². The van der Waals surface area contributed by atoms with Crippen LogP contribution in [0.1, 0.15) is 30.0 Å². The molecule has 2 saturated heterocycles. The van der Waals surface area contributed by atoms with E-state index in [0.717, 1.165) is 72.7 Å². The molecule has 0 radical (unpaired) electrons. The molecule has 0 spiro atoms. The first kappa shape index (κ1) is 21.2. The summed E-state index contributed by atoms with van der Waals surface area (Å²) in [6, 6.07) is 12.2. The van der Waals surface area contributed by atoms with Gasteiger partial charge in [-0.3, -0.25) is 9.58 Å². The van der Waals surface area contributed by atoms with E-state index in [0.29, 0.717) is 23.2 Å². The van der Waals surface area contributed by atoms with Gasteiger partial charge in [-0.05, 0) is 55.7 Å². The lowest BCUT2D eigenvalue weighted by Gasteiger charge is -2.45. The van der Waals surface area contributed by atoms with Gasteiger partial charge in [-0.1, -0.05) is 6.07 Å². The predicted octanol–water partition coefficient (Wildman–Crippen LogP) is 3.68. The highest BCUT2D eigenvalue weighted by Gasteiger charge is 2.34. The second kappa shape index (κ2) is 8.45. The van der Waals surface area contributed by atoms with Crippen LogP contribution in [0.2, 0.25) is 0 Å². The fraction of sp³-hybridized carbons (Fsp3) is 0.385.